The predicted molar refractivity (Wildman–Crippen MR) is 118 cm³/mol. The molecule has 11 heteroatoms. The van der Waals surface area contributed by atoms with Crippen molar-refractivity contribution in [1.29, 1.82) is 0 Å². The lowest BCUT2D eigenvalue weighted by atomic mass is 10.0. The van der Waals surface area contributed by atoms with Crippen LogP contribution in [0.4, 0.5) is 18.9 Å². The first-order chi connectivity index (χ1) is 16.3. The van der Waals surface area contributed by atoms with Crippen molar-refractivity contribution in [3.8, 4) is 17.0 Å². The zero-order valence-electron chi connectivity index (χ0n) is 18.6. The lowest BCUT2D eigenvalue weighted by Crippen LogP contribution is -2.32. The molecule has 34 heavy (non-hydrogen) atoms. The van der Waals surface area contributed by atoms with E-state index < -0.39 is 35.9 Å². The number of pyridine rings is 1. The lowest BCUT2D eigenvalue weighted by molar-refractivity contribution is 0.0247. The number of nitrogens with two attached hydrogens (primary N) is 1. The number of anilines is 1. The maximum atomic E-state index is 14.5. The summed E-state index contributed by atoms with van der Waals surface area (Å²) in [5.74, 6) is -1.92. The summed E-state index contributed by atoms with van der Waals surface area (Å²) in [4.78, 5) is 17.0. The number of hydrogen-bond acceptors (Lipinski definition) is 6. The summed E-state index contributed by atoms with van der Waals surface area (Å²) >= 11 is 0. The monoisotopic (exact) mass is 475 g/mol. The molecule has 0 radical (unpaired) electrons. The normalized spacial score (nSPS) is 20.6. The molecule has 8 nitrogen and oxygen atoms in total. The van der Waals surface area contributed by atoms with E-state index >= 15 is 0 Å². The topological polar surface area (TPSA) is 104 Å². The molecule has 3 aromatic rings. The molecule has 180 valence electrons. The zero-order valence-corrected chi connectivity index (χ0v) is 18.6. The molecule has 0 aliphatic carbocycles. The lowest BCUT2D eigenvalue weighted by Gasteiger charge is -2.17. The Labute approximate surface area is 193 Å². The average Bonchev–Trinajstić information content (AvgIpc) is 3.09. The van der Waals surface area contributed by atoms with E-state index in [1.54, 1.807) is 7.05 Å². The van der Waals surface area contributed by atoms with Crippen LogP contribution in [0, 0.1) is 11.6 Å². The first kappa shape index (κ1) is 23.7. The quantitative estimate of drug-likeness (QED) is 0.585. The second-order valence-corrected chi connectivity index (χ2v) is 7.97. The third-order valence-electron chi connectivity index (χ3n) is 5.73. The third-order valence-corrected chi connectivity index (χ3v) is 5.73. The van der Waals surface area contributed by atoms with Crippen molar-refractivity contribution >= 4 is 11.6 Å². The molecule has 0 spiro atoms. The van der Waals surface area contributed by atoms with Crippen LogP contribution in [0.2, 0.25) is 0 Å². The first-order valence-electron chi connectivity index (χ1n) is 10.6. The van der Waals surface area contributed by atoms with E-state index in [1.165, 1.54) is 36.2 Å². The minimum Gasteiger partial charge on any atom is -0.497 e. The number of nitrogens with one attached hydrogen (secondary N) is 1. The Hall–Kier alpha value is -3.44. The Morgan fingerprint density at radius 2 is 2.03 bits per heavy atom. The fraction of sp³-hybridized carbons (Fsp3) is 0.348. The molecular weight excluding hydrogens is 451 g/mol. The molecule has 1 saturated heterocycles. The molecule has 1 aliphatic heterocycles. The molecule has 1 aliphatic rings. The molecule has 3 heterocycles. The molecule has 1 amide bonds. The second-order valence-electron chi connectivity index (χ2n) is 7.97. The number of aryl methyl sites for hydroxylation is 1. The van der Waals surface area contributed by atoms with Crippen LogP contribution < -0.4 is 15.8 Å². The smallest absolute Gasteiger partial charge is 0.274 e. The van der Waals surface area contributed by atoms with Gasteiger partial charge in [-0.25, -0.2) is 18.2 Å². The number of rotatable bonds is 5. The number of halogens is 3. The van der Waals surface area contributed by atoms with Gasteiger partial charge in [0, 0.05) is 24.7 Å². The van der Waals surface area contributed by atoms with Gasteiger partial charge in [0.25, 0.3) is 5.91 Å². The SMILES string of the molecule is COc1ccc(-c2nc(C(=O)Nc3cnn(C)c3C3CCC(N)C(F)CO3)ccc2F)c(F)c1. The fourth-order valence-corrected chi connectivity index (χ4v) is 3.84. The van der Waals surface area contributed by atoms with Gasteiger partial charge in [-0.05, 0) is 37.1 Å². The number of nitrogens with zero attached hydrogens (tertiary/aromatic N) is 3. The van der Waals surface area contributed by atoms with Crippen molar-refractivity contribution in [2.75, 3.05) is 19.0 Å². The van der Waals surface area contributed by atoms with Gasteiger partial charge in [0.05, 0.1) is 31.3 Å². The van der Waals surface area contributed by atoms with Gasteiger partial charge in [0.1, 0.15) is 41.0 Å². The summed E-state index contributed by atoms with van der Waals surface area (Å²) < 4.78 is 55.1. The number of aromatic nitrogens is 3. The van der Waals surface area contributed by atoms with Crippen LogP contribution in [0.15, 0.2) is 36.5 Å². The summed E-state index contributed by atoms with van der Waals surface area (Å²) in [5.41, 5.74) is 6.13. The number of benzene rings is 1. The number of ether oxygens (including phenoxy) is 2. The highest BCUT2D eigenvalue weighted by Crippen LogP contribution is 2.33. The number of alkyl halides is 1. The Morgan fingerprint density at radius 1 is 1.24 bits per heavy atom. The molecule has 1 fully saturated rings. The van der Waals surface area contributed by atoms with E-state index in [-0.39, 0.29) is 29.3 Å². The summed E-state index contributed by atoms with van der Waals surface area (Å²) in [6.45, 7) is -0.166. The number of hydrogen-bond donors (Lipinski definition) is 2. The van der Waals surface area contributed by atoms with Crippen LogP contribution in [-0.2, 0) is 11.8 Å². The van der Waals surface area contributed by atoms with Gasteiger partial charge in [0.15, 0.2) is 0 Å². The second kappa shape index (κ2) is 9.82. The van der Waals surface area contributed by atoms with Gasteiger partial charge >= 0.3 is 0 Å². The highest BCUT2D eigenvalue weighted by molar-refractivity contribution is 6.03. The number of carbonyl (C=O) groups is 1. The van der Waals surface area contributed by atoms with E-state index in [0.29, 0.717) is 24.2 Å². The maximum absolute atomic E-state index is 14.5. The molecule has 1 aromatic carbocycles. The van der Waals surface area contributed by atoms with Crippen molar-refractivity contribution in [2.24, 2.45) is 12.8 Å². The molecule has 3 unspecified atom stereocenters. The molecular formula is C23H24F3N5O3. The Balaban J connectivity index is 1.59. The Morgan fingerprint density at radius 3 is 2.76 bits per heavy atom. The largest absolute Gasteiger partial charge is 0.497 e. The molecule has 2 aromatic heterocycles. The highest BCUT2D eigenvalue weighted by Gasteiger charge is 2.30. The first-order valence-corrected chi connectivity index (χ1v) is 10.6. The molecule has 4 rings (SSSR count). The van der Waals surface area contributed by atoms with Crippen molar-refractivity contribution in [3.63, 3.8) is 0 Å². The number of amides is 1. The Bertz CT molecular complexity index is 1190. The van der Waals surface area contributed by atoms with Crippen molar-refractivity contribution in [2.45, 2.75) is 31.2 Å². The van der Waals surface area contributed by atoms with Crippen LogP contribution in [0.1, 0.15) is 35.1 Å². The van der Waals surface area contributed by atoms with Gasteiger partial charge in [-0.15, -0.1) is 0 Å². The van der Waals surface area contributed by atoms with Crippen molar-refractivity contribution in [1.82, 2.24) is 14.8 Å². The summed E-state index contributed by atoms with van der Waals surface area (Å²) in [5, 5.41) is 6.86. The van der Waals surface area contributed by atoms with E-state index in [9.17, 15) is 18.0 Å². The van der Waals surface area contributed by atoms with Gasteiger partial charge in [-0.2, -0.15) is 5.10 Å². The van der Waals surface area contributed by atoms with Crippen LogP contribution >= 0.6 is 0 Å². The number of methoxy groups -OCH3 is 1. The van der Waals surface area contributed by atoms with Crippen LogP contribution in [-0.4, -0.2) is 46.6 Å². The van der Waals surface area contributed by atoms with E-state index in [1.807, 2.05) is 0 Å². The molecule has 0 bridgehead atoms. The summed E-state index contributed by atoms with van der Waals surface area (Å²) in [6, 6.07) is 5.51. The molecule has 3 N–H and O–H groups in total. The van der Waals surface area contributed by atoms with E-state index in [2.05, 4.69) is 15.4 Å². The van der Waals surface area contributed by atoms with Crippen molar-refractivity contribution in [3.05, 3.63) is 59.6 Å². The average molecular weight is 475 g/mol. The maximum Gasteiger partial charge on any atom is 0.274 e. The minimum atomic E-state index is -1.28. The molecule has 3 atom stereocenters. The number of carbonyl (C=O) groups excluding carboxylic acids is 1. The van der Waals surface area contributed by atoms with Gasteiger partial charge in [-0.1, -0.05) is 0 Å². The van der Waals surface area contributed by atoms with E-state index in [0.717, 1.165) is 12.1 Å². The van der Waals surface area contributed by atoms with Gasteiger partial charge in [-0.3, -0.25) is 9.48 Å². The van der Waals surface area contributed by atoms with E-state index in [4.69, 9.17) is 15.2 Å². The molecule has 0 saturated carbocycles. The van der Waals surface area contributed by atoms with Crippen LogP contribution in [0.3, 0.4) is 0 Å². The standard InChI is InChI=1S/C23H24F3N5O3/c1-31-22(20-8-6-17(27)16(26)11-34-20)19(10-28-31)30-23(32)18-7-5-14(24)21(29-18)13-4-3-12(33-2)9-15(13)25/h3-5,7,9-10,16-17,20H,6,8,11,27H2,1-2H3,(H,30,32). The fourth-order valence-electron chi connectivity index (χ4n) is 3.84. The van der Waals surface area contributed by atoms with Crippen LogP contribution in [0.5, 0.6) is 5.75 Å². The zero-order chi connectivity index (χ0) is 24.4. The summed E-state index contributed by atoms with van der Waals surface area (Å²) in [6.07, 6.45) is 0.471. The Kier molecular flexibility index (Phi) is 6.85. The van der Waals surface area contributed by atoms with Gasteiger partial charge < -0.3 is 20.5 Å². The predicted octanol–water partition coefficient (Wildman–Crippen LogP) is 3.54. The van der Waals surface area contributed by atoms with Gasteiger partial charge in [0.2, 0.25) is 0 Å². The third kappa shape index (κ3) is 4.75. The summed E-state index contributed by atoms with van der Waals surface area (Å²) in [7, 11) is 3.06. The highest BCUT2D eigenvalue weighted by atomic mass is 19.1. The minimum absolute atomic E-state index is 0.112. The van der Waals surface area contributed by atoms with Crippen molar-refractivity contribution < 1.29 is 27.4 Å². The van der Waals surface area contributed by atoms with Crippen LogP contribution in [0.25, 0.3) is 11.3 Å².